The number of imidazole rings is 1. The number of anilines is 1. The molecule has 5 rings (SSSR count). The van der Waals surface area contributed by atoms with Crippen LogP contribution >= 0.6 is 0 Å². The van der Waals surface area contributed by atoms with Crippen LogP contribution in [0.15, 0.2) is 66.9 Å². The number of benzene rings is 2. The van der Waals surface area contributed by atoms with Gasteiger partial charge in [-0.2, -0.15) is 0 Å². The quantitative estimate of drug-likeness (QED) is 0.443. The van der Waals surface area contributed by atoms with Crippen LogP contribution in [0.3, 0.4) is 0 Å². The Morgan fingerprint density at radius 2 is 1.83 bits per heavy atom. The number of aryl methyl sites for hydroxylation is 2. The summed E-state index contributed by atoms with van der Waals surface area (Å²) in [5.41, 5.74) is 3.89. The van der Waals surface area contributed by atoms with Gasteiger partial charge >= 0.3 is 0 Å². The Balaban J connectivity index is 1.31. The zero-order valence-corrected chi connectivity index (χ0v) is 19.7. The summed E-state index contributed by atoms with van der Waals surface area (Å²) in [6, 6.07) is 19.0. The molecular formula is C27H26N4O4. The highest BCUT2D eigenvalue weighted by Gasteiger charge is 2.20. The summed E-state index contributed by atoms with van der Waals surface area (Å²) in [5.74, 6) is 1.80. The van der Waals surface area contributed by atoms with E-state index < -0.39 is 0 Å². The van der Waals surface area contributed by atoms with Crippen molar-refractivity contribution in [3.05, 3.63) is 89.2 Å². The third-order valence-electron chi connectivity index (χ3n) is 6.08. The molecule has 0 fully saturated rings. The minimum Gasteiger partial charge on any atom is -0.454 e. The molecule has 1 aliphatic rings. The lowest BCUT2D eigenvalue weighted by atomic mass is 10.1. The third-order valence-corrected chi connectivity index (χ3v) is 6.08. The number of pyridine rings is 1. The van der Waals surface area contributed by atoms with E-state index in [2.05, 4.69) is 10.3 Å². The molecule has 0 radical (unpaired) electrons. The number of aromatic nitrogens is 2. The maximum atomic E-state index is 13.0. The molecule has 0 bridgehead atoms. The van der Waals surface area contributed by atoms with Crippen LogP contribution in [0.5, 0.6) is 11.5 Å². The van der Waals surface area contributed by atoms with Gasteiger partial charge in [0.15, 0.2) is 11.5 Å². The van der Waals surface area contributed by atoms with Gasteiger partial charge in [0.25, 0.3) is 5.91 Å². The molecule has 0 atom stereocenters. The SMILES string of the molecule is Cc1nc2ccc(C(=O)NCc3ccc4c(c3)OCO4)cn2c1N(C)C(=O)CCc1ccccc1. The highest BCUT2D eigenvalue weighted by Crippen LogP contribution is 2.32. The summed E-state index contributed by atoms with van der Waals surface area (Å²) in [6.45, 7) is 2.42. The molecule has 1 N–H and O–H groups in total. The monoisotopic (exact) mass is 470 g/mol. The fraction of sp³-hybridized carbons (Fsp3) is 0.222. The van der Waals surface area contributed by atoms with E-state index in [0.29, 0.717) is 47.9 Å². The molecule has 0 saturated heterocycles. The Labute approximate surface area is 203 Å². The van der Waals surface area contributed by atoms with Crippen LogP contribution in [0, 0.1) is 6.92 Å². The predicted molar refractivity (Wildman–Crippen MR) is 132 cm³/mol. The highest BCUT2D eigenvalue weighted by atomic mass is 16.7. The maximum Gasteiger partial charge on any atom is 0.253 e. The van der Waals surface area contributed by atoms with Gasteiger partial charge in [-0.15, -0.1) is 0 Å². The van der Waals surface area contributed by atoms with Crippen molar-refractivity contribution in [2.75, 3.05) is 18.7 Å². The second-order valence-electron chi connectivity index (χ2n) is 8.48. The molecule has 8 nitrogen and oxygen atoms in total. The van der Waals surface area contributed by atoms with Gasteiger partial charge in [0.05, 0.1) is 11.3 Å². The number of carbonyl (C=O) groups excluding carboxylic acids is 2. The molecular weight excluding hydrogens is 444 g/mol. The first-order chi connectivity index (χ1) is 17.0. The lowest BCUT2D eigenvalue weighted by Crippen LogP contribution is -2.28. The highest BCUT2D eigenvalue weighted by molar-refractivity contribution is 5.95. The molecule has 35 heavy (non-hydrogen) atoms. The summed E-state index contributed by atoms with van der Waals surface area (Å²) in [4.78, 5) is 32.0. The smallest absolute Gasteiger partial charge is 0.253 e. The minimum absolute atomic E-state index is 0.0172. The average Bonchev–Trinajstić information content (AvgIpc) is 3.48. The number of amides is 2. The van der Waals surface area contributed by atoms with E-state index in [1.165, 1.54) is 0 Å². The summed E-state index contributed by atoms with van der Waals surface area (Å²) >= 11 is 0. The number of nitrogens with one attached hydrogen (secondary N) is 1. The van der Waals surface area contributed by atoms with Crippen molar-refractivity contribution < 1.29 is 19.1 Å². The van der Waals surface area contributed by atoms with Crippen LogP contribution in [-0.4, -0.2) is 35.0 Å². The standard InChI is InChI=1S/C27H26N4O4/c1-18-27(30(2)25(32)13-9-19-6-4-3-5-7-19)31-16-21(10-12-24(31)29-18)26(33)28-15-20-8-11-22-23(14-20)35-17-34-22/h3-8,10-12,14,16H,9,13,15,17H2,1-2H3,(H,28,33). The zero-order valence-electron chi connectivity index (χ0n) is 19.7. The van der Waals surface area contributed by atoms with Gasteiger partial charge in [0.2, 0.25) is 12.7 Å². The number of carbonyl (C=O) groups is 2. The molecule has 0 aliphatic carbocycles. The van der Waals surface area contributed by atoms with E-state index in [1.807, 2.05) is 55.5 Å². The number of hydrogen-bond acceptors (Lipinski definition) is 5. The number of rotatable bonds is 7. The molecule has 178 valence electrons. The van der Waals surface area contributed by atoms with Gasteiger partial charge in [0, 0.05) is 26.2 Å². The van der Waals surface area contributed by atoms with E-state index in [9.17, 15) is 9.59 Å². The second-order valence-corrected chi connectivity index (χ2v) is 8.48. The third kappa shape index (κ3) is 4.68. The van der Waals surface area contributed by atoms with Crippen molar-refractivity contribution in [3.8, 4) is 11.5 Å². The first-order valence-corrected chi connectivity index (χ1v) is 11.5. The van der Waals surface area contributed by atoms with E-state index in [-0.39, 0.29) is 18.6 Å². The summed E-state index contributed by atoms with van der Waals surface area (Å²) in [6.07, 6.45) is 2.76. The molecule has 2 aromatic carbocycles. The fourth-order valence-electron chi connectivity index (χ4n) is 4.21. The van der Waals surface area contributed by atoms with Crippen molar-refractivity contribution in [1.82, 2.24) is 14.7 Å². The van der Waals surface area contributed by atoms with Crippen LogP contribution in [0.25, 0.3) is 5.65 Å². The lowest BCUT2D eigenvalue weighted by Gasteiger charge is -2.18. The molecule has 3 heterocycles. The van der Waals surface area contributed by atoms with E-state index in [0.717, 1.165) is 16.8 Å². The Bertz CT molecular complexity index is 1400. The summed E-state index contributed by atoms with van der Waals surface area (Å²) < 4.78 is 12.5. The molecule has 8 heteroatoms. The van der Waals surface area contributed by atoms with Gasteiger partial charge in [-0.3, -0.25) is 18.9 Å². The predicted octanol–water partition coefficient (Wildman–Crippen LogP) is 3.90. The van der Waals surface area contributed by atoms with Gasteiger partial charge in [0.1, 0.15) is 11.5 Å². The lowest BCUT2D eigenvalue weighted by molar-refractivity contribution is -0.118. The number of ether oxygens (including phenoxy) is 2. The maximum absolute atomic E-state index is 13.0. The molecule has 0 spiro atoms. The number of hydrogen-bond donors (Lipinski definition) is 1. The molecule has 2 amide bonds. The molecule has 4 aromatic rings. The van der Waals surface area contributed by atoms with E-state index in [4.69, 9.17) is 9.47 Å². The Morgan fingerprint density at radius 3 is 2.66 bits per heavy atom. The minimum atomic E-state index is -0.222. The molecule has 0 unspecified atom stereocenters. The van der Waals surface area contributed by atoms with Crippen LogP contribution in [-0.2, 0) is 17.8 Å². The van der Waals surface area contributed by atoms with E-state index in [1.54, 1.807) is 34.7 Å². The fourth-order valence-corrected chi connectivity index (χ4v) is 4.21. The summed E-state index contributed by atoms with van der Waals surface area (Å²) in [7, 11) is 1.75. The van der Waals surface area contributed by atoms with Crippen LogP contribution < -0.4 is 19.7 Å². The van der Waals surface area contributed by atoms with Gasteiger partial charge in [-0.05, 0) is 48.7 Å². The zero-order chi connectivity index (χ0) is 24.4. The van der Waals surface area contributed by atoms with Gasteiger partial charge in [-0.1, -0.05) is 36.4 Å². The van der Waals surface area contributed by atoms with Crippen LogP contribution in [0.2, 0.25) is 0 Å². The topological polar surface area (TPSA) is 85.2 Å². The van der Waals surface area contributed by atoms with E-state index >= 15 is 0 Å². The van der Waals surface area contributed by atoms with Crippen LogP contribution in [0.1, 0.15) is 33.6 Å². The molecule has 1 aliphatic heterocycles. The van der Waals surface area contributed by atoms with Gasteiger partial charge < -0.3 is 14.8 Å². The van der Waals surface area contributed by atoms with Gasteiger partial charge in [-0.25, -0.2) is 4.98 Å². The van der Waals surface area contributed by atoms with Crippen molar-refractivity contribution in [2.24, 2.45) is 0 Å². The Morgan fingerprint density at radius 1 is 1.03 bits per heavy atom. The normalized spacial score (nSPS) is 12.1. The molecule has 2 aromatic heterocycles. The average molecular weight is 471 g/mol. The second kappa shape index (κ2) is 9.50. The van der Waals surface area contributed by atoms with Crippen molar-refractivity contribution in [3.63, 3.8) is 0 Å². The molecule has 0 saturated carbocycles. The first-order valence-electron chi connectivity index (χ1n) is 11.5. The Hall–Kier alpha value is -4.33. The van der Waals surface area contributed by atoms with Crippen molar-refractivity contribution >= 4 is 23.3 Å². The first kappa shape index (κ1) is 22.5. The summed E-state index contributed by atoms with van der Waals surface area (Å²) in [5, 5.41) is 2.94. The van der Waals surface area contributed by atoms with Crippen molar-refractivity contribution in [1.29, 1.82) is 0 Å². The number of nitrogens with zero attached hydrogens (tertiary/aromatic N) is 3. The van der Waals surface area contributed by atoms with Crippen LogP contribution in [0.4, 0.5) is 5.82 Å². The Kier molecular flexibility index (Phi) is 6.10. The van der Waals surface area contributed by atoms with Crippen molar-refractivity contribution in [2.45, 2.75) is 26.3 Å². The number of fused-ring (bicyclic) bond motifs is 2. The largest absolute Gasteiger partial charge is 0.454 e.